The molecule has 0 saturated carbocycles. The number of H-pyrrole nitrogens is 1. The number of aromatic nitrogens is 2. The number of carbonyl (C=O) groups excluding carboxylic acids is 1. The van der Waals surface area contributed by atoms with Gasteiger partial charge in [-0.3, -0.25) is 9.89 Å². The highest BCUT2D eigenvalue weighted by atomic mass is 16.5. The molecule has 1 saturated heterocycles. The summed E-state index contributed by atoms with van der Waals surface area (Å²) >= 11 is 0. The average Bonchev–Trinajstić information content (AvgIpc) is 3.25. The van der Waals surface area contributed by atoms with Crippen molar-refractivity contribution >= 4 is 11.6 Å². The van der Waals surface area contributed by atoms with E-state index in [0.29, 0.717) is 18.7 Å². The van der Waals surface area contributed by atoms with Crippen molar-refractivity contribution in [2.75, 3.05) is 32.1 Å². The summed E-state index contributed by atoms with van der Waals surface area (Å²) in [5, 5.41) is 6.83. The molecule has 1 unspecified atom stereocenters. The van der Waals surface area contributed by atoms with E-state index in [1.54, 1.807) is 6.20 Å². The maximum Gasteiger partial charge on any atom is 0.257 e. The molecular formula is C19H26N4O2. The molecule has 0 spiro atoms. The van der Waals surface area contributed by atoms with Gasteiger partial charge in [0, 0.05) is 45.2 Å². The Kier molecular flexibility index (Phi) is 5.38. The molecule has 0 bridgehead atoms. The van der Waals surface area contributed by atoms with Gasteiger partial charge in [-0.25, -0.2) is 0 Å². The fraction of sp³-hybridized carbons (Fsp3) is 0.474. The van der Waals surface area contributed by atoms with Gasteiger partial charge in [-0.15, -0.1) is 0 Å². The maximum atomic E-state index is 13.0. The smallest absolute Gasteiger partial charge is 0.257 e. The van der Waals surface area contributed by atoms with Crippen LogP contribution in [0, 0.1) is 6.92 Å². The molecule has 1 amide bonds. The van der Waals surface area contributed by atoms with Crippen molar-refractivity contribution in [3.05, 3.63) is 47.3 Å². The Balaban J connectivity index is 1.77. The van der Waals surface area contributed by atoms with Crippen LogP contribution >= 0.6 is 0 Å². The average molecular weight is 342 g/mol. The Hall–Kier alpha value is -2.34. The molecule has 25 heavy (non-hydrogen) atoms. The Morgan fingerprint density at radius 1 is 1.32 bits per heavy atom. The van der Waals surface area contributed by atoms with Crippen LogP contribution in [0.5, 0.6) is 0 Å². The van der Waals surface area contributed by atoms with E-state index in [4.69, 9.17) is 4.74 Å². The zero-order valence-corrected chi connectivity index (χ0v) is 15.2. The van der Waals surface area contributed by atoms with Gasteiger partial charge >= 0.3 is 0 Å². The number of aromatic amines is 1. The highest BCUT2D eigenvalue weighted by molar-refractivity contribution is 5.95. The van der Waals surface area contributed by atoms with Gasteiger partial charge in [-0.1, -0.05) is 12.1 Å². The van der Waals surface area contributed by atoms with Gasteiger partial charge in [0.05, 0.1) is 17.9 Å². The van der Waals surface area contributed by atoms with Crippen LogP contribution in [0.25, 0.3) is 0 Å². The molecule has 2 aromatic rings. The second-order valence-electron chi connectivity index (χ2n) is 6.79. The van der Waals surface area contributed by atoms with Crippen molar-refractivity contribution in [1.29, 1.82) is 0 Å². The molecule has 3 rings (SSSR count). The summed E-state index contributed by atoms with van der Waals surface area (Å²) in [6.45, 7) is 3.83. The number of hydrogen-bond donors (Lipinski definition) is 1. The molecule has 1 aliphatic rings. The monoisotopic (exact) mass is 342 g/mol. The van der Waals surface area contributed by atoms with Crippen LogP contribution in [-0.2, 0) is 11.3 Å². The standard InChI is InChI=1S/C19H26N4O2/c1-14-18(11-20-21-14)19(24)23(13-17-5-4-10-25-17)12-15-6-8-16(9-7-15)22(2)3/h6-9,11,17H,4-5,10,12-13H2,1-3H3,(H,20,21). The number of hydrogen-bond acceptors (Lipinski definition) is 4. The van der Waals surface area contributed by atoms with E-state index >= 15 is 0 Å². The van der Waals surface area contributed by atoms with Crippen molar-refractivity contribution in [3.63, 3.8) is 0 Å². The number of rotatable bonds is 6. The molecule has 134 valence electrons. The summed E-state index contributed by atoms with van der Waals surface area (Å²) in [4.78, 5) is 16.9. The lowest BCUT2D eigenvalue weighted by molar-refractivity contribution is 0.0507. The number of benzene rings is 1. The van der Waals surface area contributed by atoms with E-state index in [1.165, 1.54) is 0 Å². The topological polar surface area (TPSA) is 61.5 Å². The minimum absolute atomic E-state index is 0.00145. The van der Waals surface area contributed by atoms with Gasteiger partial charge in [0.2, 0.25) is 0 Å². The zero-order chi connectivity index (χ0) is 17.8. The summed E-state index contributed by atoms with van der Waals surface area (Å²) < 4.78 is 5.75. The first-order chi connectivity index (χ1) is 12.0. The van der Waals surface area contributed by atoms with E-state index < -0.39 is 0 Å². The largest absolute Gasteiger partial charge is 0.378 e. The molecule has 6 heteroatoms. The number of aryl methyl sites for hydroxylation is 1. The van der Waals surface area contributed by atoms with Crippen LogP contribution in [0.15, 0.2) is 30.5 Å². The van der Waals surface area contributed by atoms with Gasteiger partial charge in [0.25, 0.3) is 5.91 Å². The molecule has 1 atom stereocenters. The number of amides is 1. The first-order valence-electron chi connectivity index (χ1n) is 8.71. The number of ether oxygens (including phenoxy) is 1. The summed E-state index contributed by atoms with van der Waals surface area (Å²) in [5.74, 6) is -0.00145. The normalized spacial score (nSPS) is 16.8. The Bertz CT molecular complexity index is 702. The molecule has 0 aliphatic carbocycles. The first kappa shape index (κ1) is 17.5. The second kappa shape index (κ2) is 7.70. The van der Waals surface area contributed by atoms with Crippen molar-refractivity contribution in [3.8, 4) is 0 Å². The van der Waals surface area contributed by atoms with Gasteiger partial charge in [-0.05, 0) is 37.5 Å². The van der Waals surface area contributed by atoms with Gasteiger partial charge < -0.3 is 14.5 Å². The van der Waals surface area contributed by atoms with E-state index in [1.807, 2.05) is 25.9 Å². The minimum Gasteiger partial charge on any atom is -0.378 e. The molecule has 1 aromatic carbocycles. The van der Waals surface area contributed by atoms with Gasteiger partial charge in [0.1, 0.15) is 0 Å². The zero-order valence-electron chi connectivity index (χ0n) is 15.2. The van der Waals surface area contributed by atoms with Crippen molar-refractivity contribution in [2.45, 2.75) is 32.4 Å². The van der Waals surface area contributed by atoms with Crippen molar-refractivity contribution in [1.82, 2.24) is 15.1 Å². The quantitative estimate of drug-likeness (QED) is 0.876. The molecule has 6 nitrogen and oxygen atoms in total. The third-order valence-electron chi connectivity index (χ3n) is 4.62. The Morgan fingerprint density at radius 3 is 2.64 bits per heavy atom. The lowest BCUT2D eigenvalue weighted by Crippen LogP contribution is -2.37. The third kappa shape index (κ3) is 4.20. The fourth-order valence-corrected chi connectivity index (χ4v) is 3.11. The third-order valence-corrected chi connectivity index (χ3v) is 4.62. The Labute approximate surface area is 148 Å². The minimum atomic E-state index is -0.00145. The van der Waals surface area contributed by atoms with Crippen molar-refractivity contribution < 1.29 is 9.53 Å². The van der Waals surface area contributed by atoms with Crippen molar-refractivity contribution in [2.24, 2.45) is 0 Å². The summed E-state index contributed by atoms with van der Waals surface area (Å²) in [6, 6.07) is 8.31. The highest BCUT2D eigenvalue weighted by Gasteiger charge is 2.25. The second-order valence-corrected chi connectivity index (χ2v) is 6.79. The Morgan fingerprint density at radius 2 is 2.08 bits per heavy atom. The van der Waals surface area contributed by atoms with Crippen LogP contribution in [-0.4, -0.2) is 54.4 Å². The molecule has 1 N–H and O–H groups in total. The molecule has 1 aliphatic heterocycles. The molecule has 0 radical (unpaired) electrons. The predicted octanol–water partition coefficient (Wildman–Crippen LogP) is 2.61. The van der Waals surface area contributed by atoms with Crippen LogP contribution in [0.4, 0.5) is 5.69 Å². The van der Waals surface area contributed by atoms with E-state index in [0.717, 1.165) is 36.4 Å². The van der Waals surface area contributed by atoms with E-state index in [9.17, 15) is 4.79 Å². The summed E-state index contributed by atoms with van der Waals surface area (Å²) in [6.07, 6.45) is 3.80. The molecular weight excluding hydrogens is 316 g/mol. The highest BCUT2D eigenvalue weighted by Crippen LogP contribution is 2.19. The maximum absolute atomic E-state index is 13.0. The van der Waals surface area contributed by atoms with Crippen LogP contribution in [0.3, 0.4) is 0 Å². The predicted molar refractivity (Wildman–Crippen MR) is 97.8 cm³/mol. The molecule has 1 fully saturated rings. The summed E-state index contributed by atoms with van der Waals surface area (Å²) in [7, 11) is 4.04. The molecule has 2 heterocycles. The number of anilines is 1. The molecule has 1 aromatic heterocycles. The van der Waals surface area contributed by atoms with Crippen LogP contribution in [0.2, 0.25) is 0 Å². The van der Waals surface area contributed by atoms with Gasteiger partial charge in [-0.2, -0.15) is 5.10 Å². The first-order valence-corrected chi connectivity index (χ1v) is 8.71. The number of nitrogens with zero attached hydrogens (tertiary/aromatic N) is 3. The lowest BCUT2D eigenvalue weighted by atomic mass is 10.1. The van der Waals surface area contributed by atoms with Gasteiger partial charge in [0.15, 0.2) is 0 Å². The number of carbonyl (C=O) groups is 1. The van der Waals surface area contributed by atoms with Crippen LogP contribution < -0.4 is 4.90 Å². The SMILES string of the molecule is Cc1[nH]ncc1C(=O)N(Cc1ccc(N(C)C)cc1)CC1CCCO1. The lowest BCUT2D eigenvalue weighted by Gasteiger charge is -2.26. The summed E-state index contributed by atoms with van der Waals surface area (Å²) in [5.41, 5.74) is 3.68. The fourth-order valence-electron chi connectivity index (χ4n) is 3.11. The number of nitrogens with one attached hydrogen (secondary N) is 1. The van der Waals surface area contributed by atoms with E-state index in [-0.39, 0.29) is 12.0 Å². The van der Waals surface area contributed by atoms with Crippen LogP contribution in [0.1, 0.15) is 34.5 Å². The van der Waals surface area contributed by atoms with E-state index in [2.05, 4.69) is 39.4 Å².